The number of carbonyl (C=O) groups is 1. The Morgan fingerprint density at radius 1 is 1.23 bits per heavy atom. The van der Waals surface area contributed by atoms with E-state index < -0.39 is 8.32 Å². The molecular formula is C18H29NO2Si. The zero-order valence-electron chi connectivity index (χ0n) is 14.6. The van der Waals surface area contributed by atoms with Crippen LogP contribution in [0, 0.1) is 5.92 Å². The normalized spacial score (nSPS) is 19.8. The van der Waals surface area contributed by atoms with Crippen LogP contribution in [0.15, 0.2) is 30.3 Å². The molecule has 3 nitrogen and oxygen atoms in total. The molecule has 1 aromatic carbocycles. The molecule has 0 spiro atoms. The number of rotatable bonds is 5. The lowest BCUT2D eigenvalue weighted by molar-refractivity contribution is -0.128. The molecule has 1 amide bonds. The fraction of sp³-hybridized carbons (Fsp3) is 0.611. The van der Waals surface area contributed by atoms with Crippen LogP contribution in [0.4, 0.5) is 0 Å². The summed E-state index contributed by atoms with van der Waals surface area (Å²) in [6.45, 7) is 13.5. The highest BCUT2D eigenvalue weighted by Gasteiger charge is 2.39. The van der Waals surface area contributed by atoms with Crippen molar-refractivity contribution in [2.45, 2.75) is 51.9 Å². The fourth-order valence-electron chi connectivity index (χ4n) is 2.46. The average molecular weight is 320 g/mol. The van der Waals surface area contributed by atoms with Crippen molar-refractivity contribution in [3.8, 4) is 0 Å². The third kappa shape index (κ3) is 4.20. The number of likely N-dealkylation sites (tertiary alicyclic amines) is 1. The molecule has 1 aliphatic heterocycles. The second-order valence-corrected chi connectivity index (χ2v) is 12.7. The van der Waals surface area contributed by atoms with Crippen LogP contribution in [-0.2, 0) is 15.8 Å². The molecule has 0 N–H and O–H groups in total. The topological polar surface area (TPSA) is 29.5 Å². The highest BCUT2D eigenvalue weighted by molar-refractivity contribution is 6.74. The first-order chi connectivity index (χ1) is 10.2. The maximum atomic E-state index is 12.2. The lowest BCUT2D eigenvalue weighted by atomic mass is 10.1. The standard InChI is InChI=1S/C18H29NO2Si/c1-18(2,3)22(4,5)21-14-16-11-17(20)19(13-16)12-15-9-7-6-8-10-15/h6-10,16H,11-14H2,1-5H3. The van der Waals surface area contributed by atoms with Gasteiger partial charge in [-0.15, -0.1) is 0 Å². The number of nitrogens with zero attached hydrogens (tertiary/aromatic N) is 1. The van der Waals surface area contributed by atoms with E-state index in [1.165, 1.54) is 5.56 Å². The molecule has 2 rings (SSSR count). The van der Waals surface area contributed by atoms with Crippen molar-refractivity contribution in [1.82, 2.24) is 4.90 Å². The van der Waals surface area contributed by atoms with Crippen molar-refractivity contribution >= 4 is 14.2 Å². The first kappa shape index (κ1) is 17.2. The molecule has 1 heterocycles. The minimum atomic E-state index is -1.72. The summed E-state index contributed by atoms with van der Waals surface area (Å²) in [6.07, 6.45) is 0.626. The van der Waals surface area contributed by atoms with Gasteiger partial charge in [0.05, 0.1) is 0 Å². The van der Waals surface area contributed by atoms with Crippen molar-refractivity contribution in [2.24, 2.45) is 5.92 Å². The Hall–Kier alpha value is -1.13. The van der Waals surface area contributed by atoms with Gasteiger partial charge in [0, 0.05) is 32.0 Å². The lowest BCUT2D eigenvalue weighted by Gasteiger charge is -2.36. The smallest absolute Gasteiger partial charge is 0.223 e. The molecule has 4 heteroatoms. The third-order valence-corrected chi connectivity index (χ3v) is 9.50. The highest BCUT2D eigenvalue weighted by Crippen LogP contribution is 2.37. The largest absolute Gasteiger partial charge is 0.416 e. The first-order valence-electron chi connectivity index (χ1n) is 8.15. The molecule has 0 radical (unpaired) electrons. The van der Waals surface area contributed by atoms with Crippen LogP contribution in [0.1, 0.15) is 32.8 Å². The molecule has 1 fully saturated rings. The molecule has 0 aliphatic carbocycles. The highest BCUT2D eigenvalue weighted by atomic mass is 28.4. The number of amides is 1. The van der Waals surface area contributed by atoms with E-state index in [2.05, 4.69) is 46.0 Å². The number of carbonyl (C=O) groups excluding carboxylic acids is 1. The SMILES string of the molecule is CC(C)(C)[Si](C)(C)OCC1CC(=O)N(Cc2ccccc2)C1. The van der Waals surface area contributed by atoms with Crippen LogP contribution in [-0.4, -0.2) is 32.3 Å². The predicted molar refractivity (Wildman–Crippen MR) is 93.1 cm³/mol. The average Bonchev–Trinajstić information content (AvgIpc) is 2.77. The van der Waals surface area contributed by atoms with Gasteiger partial charge in [0.25, 0.3) is 0 Å². The molecule has 22 heavy (non-hydrogen) atoms. The summed E-state index contributed by atoms with van der Waals surface area (Å²) in [5.41, 5.74) is 1.20. The van der Waals surface area contributed by atoms with Crippen LogP contribution in [0.3, 0.4) is 0 Å². The van der Waals surface area contributed by atoms with Crippen molar-refractivity contribution in [1.29, 1.82) is 0 Å². The van der Waals surface area contributed by atoms with Gasteiger partial charge in [-0.1, -0.05) is 51.1 Å². The number of benzene rings is 1. The third-order valence-electron chi connectivity index (χ3n) is 5.00. The molecular weight excluding hydrogens is 290 g/mol. The lowest BCUT2D eigenvalue weighted by Crippen LogP contribution is -2.42. The van der Waals surface area contributed by atoms with Crippen LogP contribution in [0.5, 0.6) is 0 Å². The van der Waals surface area contributed by atoms with Gasteiger partial charge in [0.1, 0.15) is 0 Å². The molecule has 1 unspecified atom stereocenters. The summed E-state index contributed by atoms with van der Waals surface area (Å²) in [4.78, 5) is 14.2. The van der Waals surface area contributed by atoms with E-state index in [4.69, 9.17) is 4.43 Å². The molecule has 0 saturated carbocycles. The van der Waals surface area contributed by atoms with E-state index in [0.29, 0.717) is 18.9 Å². The van der Waals surface area contributed by atoms with E-state index >= 15 is 0 Å². The van der Waals surface area contributed by atoms with Gasteiger partial charge in [-0.05, 0) is 23.7 Å². The number of hydrogen-bond donors (Lipinski definition) is 0. The molecule has 1 aromatic rings. The van der Waals surface area contributed by atoms with E-state index in [1.807, 2.05) is 23.1 Å². The summed E-state index contributed by atoms with van der Waals surface area (Å²) in [7, 11) is -1.72. The predicted octanol–water partition coefficient (Wildman–Crippen LogP) is 4.06. The monoisotopic (exact) mass is 319 g/mol. The minimum absolute atomic E-state index is 0.222. The Morgan fingerprint density at radius 3 is 2.45 bits per heavy atom. The Kier molecular flexibility index (Phi) is 5.13. The van der Waals surface area contributed by atoms with Crippen LogP contribution in [0.25, 0.3) is 0 Å². The maximum absolute atomic E-state index is 12.2. The van der Waals surface area contributed by atoms with Crippen LogP contribution >= 0.6 is 0 Å². The fourth-order valence-corrected chi connectivity index (χ4v) is 3.55. The summed E-state index contributed by atoms with van der Waals surface area (Å²) >= 11 is 0. The summed E-state index contributed by atoms with van der Waals surface area (Å²) < 4.78 is 6.28. The molecule has 0 aromatic heterocycles. The van der Waals surface area contributed by atoms with Gasteiger partial charge in [-0.2, -0.15) is 0 Å². The van der Waals surface area contributed by atoms with Crippen molar-refractivity contribution in [3.63, 3.8) is 0 Å². The van der Waals surface area contributed by atoms with Gasteiger partial charge >= 0.3 is 0 Å². The summed E-state index contributed by atoms with van der Waals surface area (Å²) in [5, 5.41) is 0.222. The summed E-state index contributed by atoms with van der Waals surface area (Å²) in [6, 6.07) is 10.2. The minimum Gasteiger partial charge on any atom is -0.416 e. The maximum Gasteiger partial charge on any atom is 0.223 e. The van der Waals surface area contributed by atoms with Crippen molar-refractivity contribution < 1.29 is 9.22 Å². The molecule has 122 valence electrons. The quantitative estimate of drug-likeness (QED) is 0.766. The van der Waals surface area contributed by atoms with E-state index in [1.54, 1.807) is 0 Å². The van der Waals surface area contributed by atoms with Crippen LogP contribution in [0.2, 0.25) is 18.1 Å². The van der Waals surface area contributed by atoms with Gasteiger partial charge in [0.15, 0.2) is 8.32 Å². The zero-order chi connectivity index (χ0) is 16.4. The Labute approximate surface area is 135 Å². The van der Waals surface area contributed by atoms with Gasteiger partial charge in [0.2, 0.25) is 5.91 Å². The molecule has 1 saturated heterocycles. The molecule has 1 aliphatic rings. The van der Waals surface area contributed by atoms with Crippen molar-refractivity contribution in [2.75, 3.05) is 13.2 Å². The van der Waals surface area contributed by atoms with Crippen molar-refractivity contribution in [3.05, 3.63) is 35.9 Å². The summed E-state index contributed by atoms with van der Waals surface area (Å²) in [5.74, 6) is 0.595. The van der Waals surface area contributed by atoms with E-state index in [-0.39, 0.29) is 10.9 Å². The Morgan fingerprint density at radius 2 is 1.86 bits per heavy atom. The van der Waals surface area contributed by atoms with Gasteiger partial charge in [-0.25, -0.2) is 0 Å². The second kappa shape index (κ2) is 6.55. The zero-order valence-corrected chi connectivity index (χ0v) is 15.6. The molecule has 1 atom stereocenters. The Bertz CT molecular complexity index is 508. The van der Waals surface area contributed by atoms with E-state index in [9.17, 15) is 4.79 Å². The van der Waals surface area contributed by atoms with E-state index in [0.717, 1.165) is 13.1 Å². The second-order valence-electron chi connectivity index (χ2n) is 7.90. The van der Waals surface area contributed by atoms with Gasteiger partial charge in [-0.3, -0.25) is 4.79 Å². The van der Waals surface area contributed by atoms with Gasteiger partial charge < -0.3 is 9.33 Å². The van der Waals surface area contributed by atoms with Crippen LogP contribution < -0.4 is 0 Å². The Balaban J connectivity index is 1.87. The first-order valence-corrected chi connectivity index (χ1v) is 11.1. The molecule has 0 bridgehead atoms. The number of hydrogen-bond acceptors (Lipinski definition) is 2.